The quantitative estimate of drug-likeness (QED) is 0.552. The molecule has 0 bridgehead atoms. The lowest BCUT2D eigenvalue weighted by Gasteiger charge is -2.28. The standard InChI is InChI=1S/C20H28N2O4/c1-16(2)22(11-10-20(24)25-3)19(23)9-6-17-4-7-18(8-5-17)21-12-14-26-15-13-21/h4-9,16H,10-15H2,1-3H3. The van der Waals surface area contributed by atoms with Gasteiger partial charge in [0.1, 0.15) is 0 Å². The van der Waals surface area contributed by atoms with Gasteiger partial charge in [-0.2, -0.15) is 0 Å². The van der Waals surface area contributed by atoms with Crippen LogP contribution >= 0.6 is 0 Å². The van der Waals surface area contributed by atoms with E-state index in [4.69, 9.17) is 4.74 Å². The lowest BCUT2D eigenvalue weighted by molar-refractivity contribution is -0.141. The summed E-state index contributed by atoms with van der Waals surface area (Å²) in [4.78, 5) is 27.7. The zero-order chi connectivity index (χ0) is 18.9. The van der Waals surface area contributed by atoms with E-state index in [2.05, 4.69) is 21.8 Å². The van der Waals surface area contributed by atoms with Crippen molar-refractivity contribution in [1.29, 1.82) is 0 Å². The van der Waals surface area contributed by atoms with Gasteiger partial charge in [0.25, 0.3) is 0 Å². The Hall–Kier alpha value is -2.34. The average Bonchev–Trinajstić information content (AvgIpc) is 2.67. The molecule has 2 rings (SSSR count). The Balaban J connectivity index is 1.95. The fraction of sp³-hybridized carbons (Fsp3) is 0.500. The topological polar surface area (TPSA) is 59.1 Å². The Labute approximate surface area is 155 Å². The summed E-state index contributed by atoms with van der Waals surface area (Å²) in [5.41, 5.74) is 2.13. The second-order valence-electron chi connectivity index (χ2n) is 6.48. The number of benzene rings is 1. The van der Waals surface area contributed by atoms with E-state index in [9.17, 15) is 9.59 Å². The Bertz CT molecular complexity index is 619. The Morgan fingerprint density at radius 2 is 1.88 bits per heavy atom. The third-order valence-electron chi connectivity index (χ3n) is 4.38. The van der Waals surface area contributed by atoms with Crippen LogP contribution in [0.4, 0.5) is 5.69 Å². The summed E-state index contributed by atoms with van der Waals surface area (Å²) in [6, 6.07) is 8.14. The third kappa shape index (κ3) is 5.88. The number of amides is 1. The molecule has 0 spiro atoms. The van der Waals surface area contributed by atoms with Gasteiger partial charge in [-0.15, -0.1) is 0 Å². The number of ether oxygens (including phenoxy) is 2. The second kappa shape index (κ2) is 9.97. The van der Waals surface area contributed by atoms with E-state index in [1.165, 1.54) is 12.8 Å². The van der Waals surface area contributed by atoms with Gasteiger partial charge in [0, 0.05) is 37.4 Å². The first-order valence-electron chi connectivity index (χ1n) is 8.99. The molecule has 1 aliphatic rings. The lowest BCUT2D eigenvalue weighted by atomic mass is 10.1. The van der Waals surface area contributed by atoms with Crippen molar-refractivity contribution in [3.63, 3.8) is 0 Å². The molecule has 26 heavy (non-hydrogen) atoms. The van der Waals surface area contributed by atoms with Crippen molar-refractivity contribution in [1.82, 2.24) is 4.90 Å². The van der Waals surface area contributed by atoms with Crippen LogP contribution in [0.15, 0.2) is 30.3 Å². The molecule has 0 N–H and O–H groups in total. The molecule has 6 nitrogen and oxygen atoms in total. The van der Waals surface area contributed by atoms with Crippen molar-refractivity contribution in [2.24, 2.45) is 0 Å². The Kier molecular flexibility index (Phi) is 7.66. The predicted molar refractivity (Wildman–Crippen MR) is 102 cm³/mol. The zero-order valence-corrected chi connectivity index (χ0v) is 15.8. The molecule has 6 heteroatoms. The van der Waals surface area contributed by atoms with Gasteiger partial charge in [-0.05, 0) is 37.6 Å². The van der Waals surface area contributed by atoms with E-state index in [1.54, 1.807) is 17.1 Å². The molecule has 0 radical (unpaired) electrons. The minimum absolute atomic E-state index is 0.0144. The summed E-state index contributed by atoms with van der Waals surface area (Å²) in [7, 11) is 1.35. The number of nitrogens with zero attached hydrogens (tertiary/aromatic N) is 2. The van der Waals surface area contributed by atoms with Crippen LogP contribution in [0.2, 0.25) is 0 Å². The second-order valence-corrected chi connectivity index (χ2v) is 6.48. The molecule has 1 fully saturated rings. The molecule has 1 saturated heterocycles. The van der Waals surface area contributed by atoms with Crippen molar-refractivity contribution in [3.8, 4) is 0 Å². The molecule has 0 aliphatic carbocycles. The fourth-order valence-corrected chi connectivity index (χ4v) is 2.82. The predicted octanol–water partition coefficient (Wildman–Crippen LogP) is 2.34. The maximum atomic E-state index is 12.4. The average molecular weight is 360 g/mol. The first kappa shape index (κ1) is 20.0. The summed E-state index contributed by atoms with van der Waals surface area (Å²) in [6.07, 6.45) is 3.56. The van der Waals surface area contributed by atoms with E-state index in [0.717, 1.165) is 31.9 Å². The summed E-state index contributed by atoms with van der Waals surface area (Å²) in [5.74, 6) is -0.424. The van der Waals surface area contributed by atoms with Crippen LogP contribution < -0.4 is 4.90 Å². The minimum Gasteiger partial charge on any atom is -0.469 e. The van der Waals surface area contributed by atoms with Gasteiger partial charge in [0.2, 0.25) is 5.91 Å². The summed E-state index contributed by atoms with van der Waals surface area (Å²) in [5, 5.41) is 0. The van der Waals surface area contributed by atoms with E-state index >= 15 is 0 Å². The van der Waals surface area contributed by atoms with Crippen molar-refractivity contribution in [2.75, 3.05) is 44.9 Å². The van der Waals surface area contributed by atoms with E-state index in [-0.39, 0.29) is 24.3 Å². The third-order valence-corrected chi connectivity index (χ3v) is 4.38. The number of esters is 1. The van der Waals surface area contributed by atoms with Crippen molar-refractivity contribution in [2.45, 2.75) is 26.3 Å². The smallest absolute Gasteiger partial charge is 0.307 e. The molecule has 142 valence electrons. The van der Waals surface area contributed by atoms with Gasteiger partial charge in [-0.3, -0.25) is 9.59 Å². The molecule has 1 amide bonds. The minimum atomic E-state index is -0.314. The van der Waals surface area contributed by atoms with Crippen LogP contribution in [-0.4, -0.2) is 62.8 Å². The van der Waals surface area contributed by atoms with Gasteiger partial charge in [-0.25, -0.2) is 0 Å². The molecule has 1 aromatic carbocycles. The summed E-state index contributed by atoms with van der Waals surface area (Å²) < 4.78 is 10.0. The highest BCUT2D eigenvalue weighted by atomic mass is 16.5. The Morgan fingerprint density at radius 1 is 1.23 bits per heavy atom. The van der Waals surface area contributed by atoms with Crippen LogP contribution in [0.25, 0.3) is 6.08 Å². The molecule has 0 atom stereocenters. The molecule has 1 heterocycles. The van der Waals surface area contributed by atoms with Crippen LogP contribution in [0.5, 0.6) is 0 Å². The number of carbonyl (C=O) groups excluding carboxylic acids is 2. The molecular formula is C20H28N2O4. The molecule has 0 saturated carbocycles. The number of hydrogen-bond acceptors (Lipinski definition) is 5. The Morgan fingerprint density at radius 3 is 2.46 bits per heavy atom. The van der Waals surface area contributed by atoms with Gasteiger partial charge in [0.05, 0.1) is 26.7 Å². The highest BCUT2D eigenvalue weighted by molar-refractivity contribution is 5.92. The van der Waals surface area contributed by atoms with E-state index in [0.29, 0.717) is 6.54 Å². The molecule has 0 unspecified atom stereocenters. The van der Waals surface area contributed by atoms with Gasteiger partial charge < -0.3 is 19.3 Å². The van der Waals surface area contributed by atoms with Gasteiger partial charge >= 0.3 is 5.97 Å². The number of anilines is 1. The highest BCUT2D eigenvalue weighted by Crippen LogP contribution is 2.17. The van der Waals surface area contributed by atoms with Crippen LogP contribution in [0.1, 0.15) is 25.8 Å². The number of carbonyl (C=O) groups is 2. The van der Waals surface area contributed by atoms with Crippen LogP contribution in [0.3, 0.4) is 0 Å². The maximum Gasteiger partial charge on any atom is 0.307 e. The van der Waals surface area contributed by atoms with Crippen molar-refractivity contribution >= 4 is 23.6 Å². The van der Waals surface area contributed by atoms with Gasteiger partial charge in [-0.1, -0.05) is 12.1 Å². The maximum absolute atomic E-state index is 12.4. The number of rotatable bonds is 7. The normalized spacial score (nSPS) is 14.7. The summed E-state index contributed by atoms with van der Waals surface area (Å²) in [6.45, 7) is 7.53. The molecular weight excluding hydrogens is 332 g/mol. The monoisotopic (exact) mass is 360 g/mol. The highest BCUT2D eigenvalue weighted by Gasteiger charge is 2.16. The number of hydrogen-bond donors (Lipinski definition) is 0. The van der Waals surface area contributed by atoms with E-state index in [1.807, 2.05) is 26.0 Å². The SMILES string of the molecule is COC(=O)CCN(C(=O)C=Cc1ccc(N2CCOCC2)cc1)C(C)C. The number of morpholine rings is 1. The first-order chi connectivity index (χ1) is 12.5. The van der Waals surface area contributed by atoms with Gasteiger partial charge in [0.15, 0.2) is 0 Å². The molecule has 0 aromatic heterocycles. The van der Waals surface area contributed by atoms with Crippen molar-refractivity contribution < 1.29 is 19.1 Å². The molecule has 1 aromatic rings. The first-order valence-corrected chi connectivity index (χ1v) is 8.99. The number of methoxy groups -OCH3 is 1. The van der Waals surface area contributed by atoms with Crippen LogP contribution in [0, 0.1) is 0 Å². The fourth-order valence-electron chi connectivity index (χ4n) is 2.82. The summed E-state index contributed by atoms with van der Waals surface area (Å²) >= 11 is 0. The van der Waals surface area contributed by atoms with Crippen molar-refractivity contribution in [3.05, 3.63) is 35.9 Å². The van der Waals surface area contributed by atoms with E-state index < -0.39 is 0 Å². The van der Waals surface area contributed by atoms with Crippen LogP contribution in [-0.2, 0) is 19.1 Å². The lowest BCUT2D eigenvalue weighted by Crippen LogP contribution is -2.37. The zero-order valence-electron chi connectivity index (χ0n) is 15.8. The largest absolute Gasteiger partial charge is 0.469 e. The molecule has 1 aliphatic heterocycles.